The smallest absolute Gasteiger partial charge is 0.269 e. The van der Waals surface area contributed by atoms with Crippen molar-refractivity contribution >= 4 is 29.3 Å². The van der Waals surface area contributed by atoms with E-state index in [0.29, 0.717) is 22.1 Å². The Morgan fingerprint density at radius 1 is 0.824 bits per heavy atom. The van der Waals surface area contributed by atoms with Gasteiger partial charge in [0.1, 0.15) is 0 Å². The van der Waals surface area contributed by atoms with Crippen molar-refractivity contribution in [2.75, 3.05) is 14.2 Å². The molecule has 9 heteroatoms. The Labute approximate surface area is 202 Å². The van der Waals surface area contributed by atoms with Gasteiger partial charge in [0.25, 0.3) is 11.8 Å². The average Bonchev–Trinajstić information content (AvgIpc) is 2.87. The van der Waals surface area contributed by atoms with Gasteiger partial charge < -0.3 is 14.8 Å². The fraction of sp³-hybridized carbons (Fsp3) is 0.160. The molecule has 3 aromatic rings. The molecule has 0 aliphatic rings. The van der Waals surface area contributed by atoms with E-state index in [-0.39, 0.29) is 12.0 Å². The van der Waals surface area contributed by atoms with Gasteiger partial charge in [0.05, 0.1) is 37.3 Å². The summed E-state index contributed by atoms with van der Waals surface area (Å²) in [6.45, 7) is 0. The first-order valence-corrected chi connectivity index (χ1v) is 10.7. The highest BCUT2D eigenvalue weighted by molar-refractivity contribution is 6.33. The summed E-state index contributed by atoms with van der Waals surface area (Å²) in [5, 5.41) is 3.15. The van der Waals surface area contributed by atoms with Crippen molar-refractivity contribution in [2.45, 2.75) is 12.5 Å². The van der Waals surface area contributed by atoms with Gasteiger partial charge in [-0.3, -0.25) is 25.2 Å². The first-order valence-electron chi connectivity index (χ1n) is 10.3. The van der Waals surface area contributed by atoms with Crippen molar-refractivity contribution in [1.29, 1.82) is 0 Å². The minimum atomic E-state index is -0.650. The minimum absolute atomic E-state index is 0.119. The molecule has 0 saturated carbocycles. The van der Waals surface area contributed by atoms with Crippen LogP contribution in [0.3, 0.4) is 0 Å². The fourth-order valence-corrected chi connectivity index (χ4v) is 3.45. The Balaban J connectivity index is 1.67. The number of amides is 3. The van der Waals surface area contributed by atoms with E-state index in [0.717, 1.165) is 5.56 Å². The lowest BCUT2D eigenvalue weighted by atomic mass is 10.0. The first kappa shape index (κ1) is 24.6. The van der Waals surface area contributed by atoms with Crippen LogP contribution >= 0.6 is 11.6 Å². The van der Waals surface area contributed by atoms with E-state index in [2.05, 4.69) is 16.2 Å². The van der Waals surface area contributed by atoms with Gasteiger partial charge in [-0.1, -0.05) is 54.1 Å². The summed E-state index contributed by atoms with van der Waals surface area (Å²) in [6.07, 6.45) is -0.119. The number of ether oxygens (including phenoxy) is 2. The minimum Gasteiger partial charge on any atom is -0.493 e. The van der Waals surface area contributed by atoms with Crippen LogP contribution in [-0.4, -0.2) is 31.9 Å². The second kappa shape index (κ2) is 11.7. The van der Waals surface area contributed by atoms with Crippen LogP contribution in [-0.2, 0) is 4.79 Å². The molecule has 3 rings (SSSR count). The van der Waals surface area contributed by atoms with E-state index < -0.39 is 23.8 Å². The number of methoxy groups -OCH3 is 2. The summed E-state index contributed by atoms with van der Waals surface area (Å²) < 4.78 is 10.4. The number of carbonyl (C=O) groups is 3. The van der Waals surface area contributed by atoms with Crippen LogP contribution in [0.1, 0.15) is 38.7 Å². The van der Waals surface area contributed by atoms with Gasteiger partial charge in [-0.15, -0.1) is 0 Å². The second-order valence-electron chi connectivity index (χ2n) is 7.19. The molecule has 0 radical (unpaired) electrons. The van der Waals surface area contributed by atoms with Crippen LogP contribution in [0.25, 0.3) is 0 Å². The summed E-state index contributed by atoms with van der Waals surface area (Å²) in [7, 11) is 2.95. The molecule has 0 heterocycles. The molecule has 3 N–H and O–H groups in total. The number of rotatable bonds is 8. The van der Waals surface area contributed by atoms with Crippen molar-refractivity contribution < 1.29 is 23.9 Å². The third-order valence-corrected chi connectivity index (χ3v) is 5.31. The molecule has 0 saturated heterocycles. The molecular weight excluding hydrogens is 458 g/mol. The Bertz CT molecular complexity index is 1170. The number of benzene rings is 3. The highest BCUT2D eigenvalue weighted by atomic mass is 35.5. The lowest BCUT2D eigenvalue weighted by molar-refractivity contribution is -0.122. The quantitative estimate of drug-likeness (QED) is 0.426. The van der Waals surface area contributed by atoms with E-state index in [4.69, 9.17) is 21.1 Å². The maximum atomic E-state index is 12.8. The van der Waals surface area contributed by atoms with Crippen molar-refractivity contribution in [3.05, 3.63) is 94.5 Å². The van der Waals surface area contributed by atoms with E-state index in [1.807, 2.05) is 6.07 Å². The van der Waals surface area contributed by atoms with Crippen LogP contribution in [0.5, 0.6) is 11.5 Å². The van der Waals surface area contributed by atoms with Gasteiger partial charge >= 0.3 is 0 Å². The second-order valence-corrected chi connectivity index (χ2v) is 7.60. The predicted molar refractivity (Wildman–Crippen MR) is 128 cm³/mol. The maximum Gasteiger partial charge on any atom is 0.269 e. The SMILES string of the molecule is COc1ccc(C(=O)NNC(=O)CC(NC(=O)c2ccccc2Cl)c2ccccc2)cc1OC. The molecule has 1 unspecified atom stereocenters. The van der Waals surface area contributed by atoms with Gasteiger partial charge in [-0.2, -0.15) is 0 Å². The summed E-state index contributed by atoms with van der Waals surface area (Å²) in [6, 6.07) is 19.7. The predicted octanol–water partition coefficient (Wildman–Crippen LogP) is 3.68. The fourth-order valence-electron chi connectivity index (χ4n) is 3.23. The molecule has 0 fully saturated rings. The molecule has 0 aliphatic carbocycles. The van der Waals surface area contributed by atoms with Crippen LogP contribution in [0, 0.1) is 0 Å². The van der Waals surface area contributed by atoms with Gasteiger partial charge in [0, 0.05) is 5.56 Å². The van der Waals surface area contributed by atoms with Crippen LogP contribution in [0.4, 0.5) is 0 Å². The van der Waals surface area contributed by atoms with Gasteiger partial charge in [0.15, 0.2) is 11.5 Å². The molecule has 3 amide bonds. The zero-order chi connectivity index (χ0) is 24.5. The normalized spacial score (nSPS) is 11.1. The number of hydrogen-bond donors (Lipinski definition) is 3. The molecule has 0 spiro atoms. The largest absolute Gasteiger partial charge is 0.493 e. The van der Waals surface area contributed by atoms with E-state index in [1.54, 1.807) is 60.7 Å². The summed E-state index contributed by atoms with van der Waals surface area (Å²) in [5.74, 6) is -0.592. The van der Waals surface area contributed by atoms with Crippen LogP contribution < -0.4 is 25.6 Å². The highest BCUT2D eigenvalue weighted by Crippen LogP contribution is 2.27. The standard InChI is InChI=1S/C25H24ClN3O5/c1-33-21-13-12-17(14-22(21)34-2)24(31)29-28-23(30)15-20(16-8-4-3-5-9-16)27-25(32)18-10-6-7-11-19(18)26/h3-14,20H,15H2,1-2H3,(H,27,32)(H,28,30)(H,29,31). The average molecular weight is 482 g/mol. The molecule has 176 valence electrons. The summed E-state index contributed by atoms with van der Waals surface area (Å²) in [4.78, 5) is 37.9. The molecule has 3 aromatic carbocycles. The number of halogens is 1. The number of carbonyl (C=O) groups excluding carboxylic acids is 3. The van der Waals surface area contributed by atoms with Gasteiger partial charge in [-0.25, -0.2) is 0 Å². The van der Waals surface area contributed by atoms with Gasteiger partial charge in [-0.05, 0) is 35.9 Å². The maximum absolute atomic E-state index is 12.8. The summed E-state index contributed by atoms with van der Waals surface area (Å²) in [5.41, 5.74) is 6.05. The highest BCUT2D eigenvalue weighted by Gasteiger charge is 2.21. The first-order chi connectivity index (χ1) is 16.4. The molecule has 1 atom stereocenters. The molecule has 0 aromatic heterocycles. The zero-order valence-electron chi connectivity index (χ0n) is 18.6. The molecule has 8 nitrogen and oxygen atoms in total. The number of hydrazine groups is 1. The molecular formula is C25H24ClN3O5. The van der Waals surface area contributed by atoms with Gasteiger partial charge in [0.2, 0.25) is 5.91 Å². The Morgan fingerprint density at radius 3 is 2.18 bits per heavy atom. The molecule has 34 heavy (non-hydrogen) atoms. The van der Waals surface area contributed by atoms with E-state index >= 15 is 0 Å². The monoisotopic (exact) mass is 481 g/mol. The Kier molecular flexibility index (Phi) is 8.48. The van der Waals surface area contributed by atoms with Crippen molar-refractivity contribution in [3.8, 4) is 11.5 Å². The van der Waals surface area contributed by atoms with Crippen LogP contribution in [0.2, 0.25) is 5.02 Å². The number of hydrogen-bond acceptors (Lipinski definition) is 5. The lowest BCUT2D eigenvalue weighted by Gasteiger charge is -2.19. The summed E-state index contributed by atoms with van der Waals surface area (Å²) >= 11 is 6.13. The third kappa shape index (κ3) is 6.26. The Morgan fingerprint density at radius 2 is 1.50 bits per heavy atom. The van der Waals surface area contributed by atoms with Crippen molar-refractivity contribution in [3.63, 3.8) is 0 Å². The van der Waals surface area contributed by atoms with Crippen LogP contribution in [0.15, 0.2) is 72.8 Å². The van der Waals surface area contributed by atoms with Crippen molar-refractivity contribution in [2.24, 2.45) is 0 Å². The topological polar surface area (TPSA) is 106 Å². The Hall–Kier alpha value is -4.04. The van der Waals surface area contributed by atoms with E-state index in [1.165, 1.54) is 20.3 Å². The molecule has 0 bridgehead atoms. The van der Waals surface area contributed by atoms with Crippen molar-refractivity contribution in [1.82, 2.24) is 16.2 Å². The number of nitrogens with one attached hydrogen (secondary N) is 3. The van der Waals surface area contributed by atoms with E-state index in [9.17, 15) is 14.4 Å². The molecule has 0 aliphatic heterocycles. The third-order valence-electron chi connectivity index (χ3n) is 4.98. The zero-order valence-corrected chi connectivity index (χ0v) is 19.4. The lowest BCUT2D eigenvalue weighted by Crippen LogP contribution is -2.43.